The Balaban J connectivity index is 0.00000141. The van der Waals surface area contributed by atoms with Gasteiger partial charge in [-0.3, -0.25) is 9.30 Å². The van der Waals surface area contributed by atoms with Crippen molar-refractivity contribution in [3.05, 3.63) is 54.0 Å². The number of halogens is 4. The highest BCUT2D eigenvalue weighted by Gasteiger charge is 2.45. The van der Waals surface area contributed by atoms with Crippen LogP contribution in [0.15, 0.2) is 42.6 Å². The first-order chi connectivity index (χ1) is 16.8. The number of rotatable bonds is 5. The van der Waals surface area contributed by atoms with E-state index in [1.165, 1.54) is 46.8 Å². The average Bonchev–Trinajstić information content (AvgIpc) is 3.50. The molecule has 0 radical (unpaired) electrons. The predicted molar refractivity (Wildman–Crippen MR) is 125 cm³/mol. The van der Waals surface area contributed by atoms with Gasteiger partial charge in [0, 0.05) is 17.6 Å². The molecule has 186 valence electrons. The zero-order valence-corrected chi connectivity index (χ0v) is 19.4. The maximum atomic E-state index is 14.2. The molecule has 1 unspecified atom stereocenters. The number of hydrogen-bond acceptors (Lipinski definition) is 6. The topological polar surface area (TPSA) is 81.6 Å². The number of benzene rings is 1. The second kappa shape index (κ2) is 10.1. The van der Waals surface area contributed by atoms with Crippen LogP contribution >= 0.6 is 0 Å². The van der Waals surface area contributed by atoms with Gasteiger partial charge in [-0.15, -0.1) is 10.2 Å². The summed E-state index contributed by atoms with van der Waals surface area (Å²) in [6.07, 6.45) is -1.48. The van der Waals surface area contributed by atoms with Crippen LogP contribution in [0.4, 0.5) is 17.6 Å². The Hall–Kier alpha value is -3.31. The summed E-state index contributed by atoms with van der Waals surface area (Å²) in [5, 5.41) is 8.82. The standard InChI is InChI=1S/C23H21F4N5O.CH5N/c1-2-33-19-12-18-14(11-16(19)24)5-7-17(28-18)22-30-29-20-8-6-15(13-32(20)22)21(23(25,26)27)31-9-3-4-10-31;1-2/h5-8,11-13,21H,2-4,9-10H2,1H3;2H2,1H3. The molecule has 0 spiro atoms. The Morgan fingerprint density at radius 2 is 1.80 bits per heavy atom. The lowest BCUT2D eigenvalue weighted by Gasteiger charge is -2.29. The van der Waals surface area contributed by atoms with Crippen LogP contribution in [0.1, 0.15) is 31.4 Å². The van der Waals surface area contributed by atoms with E-state index in [2.05, 4.69) is 20.9 Å². The quantitative estimate of drug-likeness (QED) is 0.407. The third kappa shape index (κ3) is 4.92. The number of alkyl halides is 3. The van der Waals surface area contributed by atoms with Gasteiger partial charge in [-0.1, -0.05) is 12.1 Å². The normalized spacial score (nSPS) is 15.3. The van der Waals surface area contributed by atoms with Gasteiger partial charge in [0.15, 0.2) is 23.0 Å². The Bertz CT molecular complexity index is 1320. The van der Waals surface area contributed by atoms with Crippen molar-refractivity contribution in [1.82, 2.24) is 24.5 Å². The zero-order chi connectivity index (χ0) is 25.2. The molecule has 5 rings (SSSR count). The lowest BCUT2D eigenvalue weighted by atomic mass is 10.1. The largest absolute Gasteiger partial charge is 0.491 e. The van der Waals surface area contributed by atoms with Gasteiger partial charge < -0.3 is 10.5 Å². The fourth-order valence-corrected chi connectivity index (χ4v) is 4.36. The Labute approximate surface area is 199 Å². The van der Waals surface area contributed by atoms with Crippen LogP contribution in [-0.4, -0.2) is 57.4 Å². The minimum Gasteiger partial charge on any atom is -0.491 e. The third-order valence-corrected chi connectivity index (χ3v) is 5.83. The molecule has 4 aromatic rings. The first kappa shape index (κ1) is 24.8. The van der Waals surface area contributed by atoms with Crippen molar-refractivity contribution in [2.75, 3.05) is 26.7 Å². The number of fused-ring (bicyclic) bond motifs is 2. The number of ether oxygens (including phenoxy) is 1. The van der Waals surface area contributed by atoms with Gasteiger partial charge in [0.2, 0.25) is 0 Å². The lowest BCUT2D eigenvalue weighted by Crippen LogP contribution is -2.36. The van der Waals surface area contributed by atoms with Gasteiger partial charge in [-0.25, -0.2) is 9.37 Å². The Morgan fingerprint density at radius 1 is 1.06 bits per heavy atom. The lowest BCUT2D eigenvalue weighted by molar-refractivity contribution is -0.183. The molecule has 1 aliphatic heterocycles. The molecule has 7 nitrogen and oxygen atoms in total. The highest BCUT2D eigenvalue weighted by atomic mass is 19.4. The van der Waals surface area contributed by atoms with Gasteiger partial charge in [0.1, 0.15) is 11.7 Å². The maximum absolute atomic E-state index is 14.2. The minimum absolute atomic E-state index is 0.0849. The highest BCUT2D eigenvalue weighted by Crippen LogP contribution is 2.39. The predicted octanol–water partition coefficient (Wildman–Crippen LogP) is 4.76. The summed E-state index contributed by atoms with van der Waals surface area (Å²) in [5.41, 5.74) is 5.92. The molecule has 1 atom stereocenters. The van der Waals surface area contributed by atoms with Crippen molar-refractivity contribution >= 4 is 16.6 Å². The molecular weight excluding hydrogens is 464 g/mol. The van der Waals surface area contributed by atoms with Crippen molar-refractivity contribution in [3.8, 4) is 17.3 Å². The van der Waals surface area contributed by atoms with Crippen LogP contribution in [0, 0.1) is 5.82 Å². The van der Waals surface area contributed by atoms with Crippen LogP contribution in [-0.2, 0) is 0 Å². The summed E-state index contributed by atoms with van der Waals surface area (Å²) >= 11 is 0. The van der Waals surface area contributed by atoms with Crippen LogP contribution in [0.2, 0.25) is 0 Å². The monoisotopic (exact) mass is 490 g/mol. The zero-order valence-electron chi connectivity index (χ0n) is 19.4. The molecule has 1 aliphatic rings. The summed E-state index contributed by atoms with van der Waals surface area (Å²) < 4.78 is 62.9. The van der Waals surface area contributed by atoms with Crippen molar-refractivity contribution in [2.45, 2.75) is 32.0 Å². The van der Waals surface area contributed by atoms with E-state index in [-0.39, 0.29) is 11.3 Å². The fourth-order valence-electron chi connectivity index (χ4n) is 4.36. The summed E-state index contributed by atoms with van der Waals surface area (Å²) in [7, 11) is 1.50. The summed E-state index contributed by atoms with van der Waals surface area (Å²) in [6.45, 7) is 2.87. The van der Waals surface area contributed by atoms with Crippen molar-refractivity contribution in [3.63, 3.8) is 0 Å². The third-order valence-electron chi connectivity index (χ3n) is 5.83. The molecular formula is C24H26F4N6O. The molecule has 2 N–H and O–H groups in total. The fraction of sp³-hybridized carbons (Fsp3) is 0.375. The highest BCUT2D eigenvalue weighted by molar-refractivity contribution is 5.82. The van der Waals surface area contributed by atoms with E-state index in [1.54, 1.807) is 19.1 Å². The summed E-state index contributed by atoms with van der Waals surface area (Å²) in [6, 6.07) is 7.46. The van der Waals surface area contributed by atoms with Crippen LogP contribution < -0.4 is 10.5 Å². The molecule has 4 heterocycles. The van der Waals surface area contributed by atoms with Crippen molar-refractivity contribution < 1.29 is 22.3 Å². The van der Waals surface area contributed by atoms with Gasteiger partial charge in [-0.2, -0.15) is 13.2 Å². The van der Waals surface area contributed by atoms with E-state index in [1.807, 2.05) is 0 Å². The van der Waals surface area contributed by atoms with Crippen molar-refractivity contribution in [2.24, 2.45) is 5.73 Å². The summed E-state index contributed by atoms with van der Waals surface area (Å²) in [5.74, 6) is -0.100. The molecule has 1 aromatic carbocycles. The number of pyridine rings is 2. The van der Waals surface area contributed by atoms with Crippen LogP contribution in [0.3, 0.4) is 0 Å². The number of nitrogens with two attached hydrogens (primary N) is 1. The first-order valence-electron chi connectivity index (χ1n) is 11.3. The molecule has 3 aromatic heterocycles. The van der Waals surface area contributed by atoms with E-state index in [0.29, 0.717) is 47.8 Å². The summed E-state index contributed by atoms with van der Waals surface area (Å²) in [4.78, 5) is 6.01. The van der Waals surface area contributed by atoms with Gasteiger partial charge in [0.25, 0.3) is 0 Å². The smallest absolute Gasteiger partial charge is 0.408 e. The van der Waals surface area contributed by atoms with Gasteiger partial charge in [-0.05, 0) is 63.7 Å². The van der Waals surface area contributed by atoms with E-state index < -0.39 is 18.0 Å². The molecule has 0 bridgehead atoms. The number of likely N-dealkylation sites (tertiary alicyclic amines) is 1. The molecule has 1 saturated heterocycles. The SMILES string of the molecule is CCOc1cc2nc(-c3nnc4ccc(C(N5CCCC5)C(F)(F)F)cn34)ccc2cc1F.CN. The minimum atomic E-state index is -4.41. The second-order valence-corrected chi connectivity index (χ2v) is 8.01. The van der Waals surface area contributed by atoms with Crippen molar-refractivity contribution in [1.29, 1.82) is 0 Å². The number of hydrogen-bond donors (Lipinski definition) is 1. The molecule has 0 saturated carbocycles. The number of aromatic nitrogens is 4. The van der Waals surface area contributed by atoms with Crippen LogP contribution in [0.25, 0.3) is 28.1 Å². The molecule has 0 amide bonds. The maximum Gasteiger partial charge on any atom is 0.408 e. The van der Waals surface area contributed by atoms with E-state index in [9.17, 15) is 17.6 Å². The van der Waals surface area contributed by atoms with Gasteiger partial charge >= 0.3 is 6.18 Å². The Morgan fingerprint density at radius 3 is 2.49 bits per heavy atom. The molecule has 0 aliphatic carbocycles. The number of nitrogens with zero attached hydrogens (tertiary/aromatic N) is 5. The average molecular weight is 491 g/mol. The van der Waals surface area contributed by atoms with E-state index >= 15 is 0 Å². The molecule has 1 fully saturated rings. The van der Waals surface area contributed by atoms with Crippen LogP contribution in [0.5, 0.6) is 5.75 Å². The first-order valence-corrected chi connectivity index (χ1v) is 11.3. The van der Waals surface area contributed by atoms with Gasteiger partial charge in [0.05, 0.1) is 12.1 Å². The van der Waals surface area contributed by atoms with E-state index in [4.69, 9.17) is 4.74 Å². The Kier molecular flexibility index (Phi) is 7.18. The molecule has 35 heavy (non-hydrogen) atoms. The van der Waals surface area contributed by atoms with E-state index in [0.717, 1.165) is 12.8 Å². The molecule has 11 heteroatoms. The second-order valence-electron chi connectivity index (χ2n) is 8.01.